The molecule has 2 aromatic heterocycles. The smallest absolute Gasteiger partial charge is 0.332 e. The van der Waals surface area contributed by atoms with E-state index in [-0.39, 0.29) is 16.9 Å². The fourth-order valence-corrected chi connectivity index (χ4v) is 4.24. The minimum Gasteiger partial charge on any atom is -0.370 e. The molecule has 1 saturated heterocycles. The first-order chi connectivity index (χ1) is 12.9. The summed E-state index contributed by atoms with van der Waals surface area (Å²) in [5, 5.41) is 0. The fraction of sp³-hybridized carbons (Fsp3) is 0.632. The Morgan fingerprint density at radius 1 is 1.15 bits per heavy atom. The molecule has 2 aliphatic rings. The van der Waals surface area contributed by atoms with Crippen LogP contribution >= 0.6 is 0 Å². The molecule has 0 radical (unpaired) electrons. The van der Waals surface area contributed by atoms with Gasteiger partial charge in [0.25, 0.3) is 5.56 Å². The van der Waals surface area contributed by atoms with Crippen LogP contribution in [0.3, 0.4) is 0 Å². The predicted molar refractivity (Wildman–Crippen MR) is 103 cm³/mol. The standard InChI is InChI=1S/C19H27N5O3/c1-14-4-11-27-19(12-14)5-7-23(8-6-19)9-10-24-13-20-16-15(24)17(25)22(3)18(26)21(16)2/h12-13H,4-11H2,1-3H3. The minimum atomic E-state index is -0.352. The maximum Gasteiger partial charge on any atom is 0.332 e. The lowest BCUT2D eigenvalue weighted by Crippen LogP contribution is -2.47. The molecular weight excluding hydrogens is 346 g/mol. The van der Waals surface area contributed by atoms with Crippen molar-refractivity contribution >= 4 is 11.2 Å². The zero-order valence-electron chi connectivity index (χ0n) is 16.3. The summed E-state index contributed by atoms with van der Waals surface area (Å²) in [5.41, 5.74) is 1.64. The first-order valence-corrected chi connectivity index (χ1v) is 9.56. The quantitative estimate of drug-likeness (QED) is 0.738. The lowest BCUT2D eigenvalue weighted by Gasteiger charge is -2.42. The van der Waals surface area contributed by atoms with E-state index in [1.54, 1.807) is 13.4 Å². The Hall–Kier alpha value is -2.19. The lowest BCUT2D eigenvalue weighted by atomic mass is 9.87. The predicted octanol–water partition coefficient (Wildman–Crippen LogP) is 0.635. The second-order valence-electron chi connectivity index (χ2n) is 7.81. The van der Waals surface area contributed by atoms with Gasteiger partial charge in [0, 0.05) is 40.3 Å². The SMILES string of the molecule is CC1=CC2(CCN(CCn3cnc4c3c(=O)n(C)c(=O)n4C)CC2)OCC1. The van der Waals surface area contributed by atoms with Crippen LogP contribution in [0.25, 0.3) is 11.2 Å². The van der Waals surface area contributed by atoms with Gasteiger partial charge in [0.15, 0.2) is 11.2 Å². The Morgan fingerprint density at radius 3 is 2.59 bits per heavy atom. The molecule has 0 saturated carbocycles. The summed E-state index contributed by atoms with van der Waals surface area (Å²) in [7, 11) is 3.15. The minimum absolute atomic E-state index is 0.0746. The van der Waals surface area contributed by atoms with Crippen molar-refractivity contribution in [2.75, 3.05) is 26.2 Å². The van der Waals surface area contributed by atoms with Gasteiger partial charge in [0.2, 0.25) is 0 Å². The first-order valence-electron chi connectivity index (χ1n) is 9.56. The molecule has 2 aromatic rings. The number of fused-ring (bicyclic) bond motifs is 1. The van der Waals surface area contributed by atoms with E-state index in [0.29, 0.717) is 17.7 Å². The number of rotatable bonds is 3. The zero-order chi connectivity index (χ0) is 19.2. The summed E-state index contributed by atoms with van der Waals surface area (Å²) in [6.07, 6.45) is 7.03. The molecule has 0 unspecified atom stereocenters. The van der Waals surface area contributed by atoms with Crippen molar-refractivity contribution in [3.63, 3.8) is 0 Å². The maximum atomic E-state index is 12.5. The summed E-state index contributed by atoms with van der Waals surface area (Å²) in [4.78, 5) is 31.3. The van der Waals surface area contributed by atoms with E-state index >= 15 is 0 Å². The van der Waals surface area contributed by atoms with Gasteiger partial charge < -0.3 is 14.2 Å². The normalized spacial score (nSPS) is 20.3. The number of imidazole rings is 1. The molecule has 0 amide bonds. The van der Waals surface area contributed by atoms with Gasteiger partial charge in [-0.3, -0.25) is 13.9 Å². The van der Waals surface area contributed by atoms with Gasteiger partial charge in [-0.15, -0.1) is 0 Å². The molecule has 4 rings (SSSR count). The van der Waals surface area contributed by atoms with Crippen LogP contribution in [0.5, 0.6) is 0 Å². The third-order valence-electron chi connectivity index (χ3n) is 5.97. The number of likely N-dealkylation sites (tertiary alicyclic amines) is 1. The third-order valence-corrected chi connectivity index (χ3v) is 5.97. The molecule has 2 aliphatic heterocycles. The number of aryl methyl sites for hydroxylation is 1. The molecule has 8 nitrogen and oxygen atoms in total. The van der Waals surface area contributed by atoms with Gasteiger partial charge in [0.05, 0.1) is 18.5 Å². The number of piperidine rings is 1. The second kappa shape index (κ2) is 6.76. The molecule has 4 heterocycles. The van der Waals surface area contributed by atoms with E-state index in [0.717, 1.165) is 50.1 Å². The molecule has 0 aromatic carbocycles. The Bertz CT molecular complexity index is 1000. The van der Waals surface area contributed by atoms with Gasteiger partial charge >= 0.3 is 5.69 Å². The molecular formula is C19H27N5O3. The third kappa shape index (κ3) is 3.17. The Kier molecular flexibility index (Phi) is 4.55. The van der Waals surface area contributed by atoms with E-state index in [1.165, 1.54) is 17.2 Å². The van der Waals surface area contributed by atoms with Crippen LogP contribution in [0.2, 0.25) is 0 Å². The van der Waals surface area contributed by atoms with Crippen LogP contribution in [0.15, 0.2) is 27.6 Å². The molecule has 0 N–H and O–H groups in total. The molecule has 146 valence electrons. The van der Waals surface area contributed by atoms with Crippen molar-refractivity contribution in [2.24, 2.45) is 14.1 Å². The maximum absolute atomic E-state index is 12.5. The van der Waals surface area contributed by atoms with E-state index in [4.69, 9.17) is 4.74 Å². The highest BCUT2D eigenvalue weighted by atomic mass is 16.5. The topological polar surface area (TPSA) is 74.3 Å². The van der Waals surface area contributed by atoms with Crippen molar-refractivity contribution < 1.29 is 4.74 Å². The van der Waals surface area contributed by atoms with Gasteiger partial charge in [0.1, 0.15) is 0 Å². The number of nitrogens with zero attached hydrogens (tertiary/aromatic N) is 5. The van der Waals surface area contributed by atoms with Crippen LogP contribution < -0.4 is 11.2 Å². The van der Waals surface area contributed by atoms with Crippen molar-refractivity contribution in [3.8, 4) is 0 Å². The van der Waals surface area contributed by atoms with E-state index < -0.39 is 0 Å². The number of aromatic nitrogens is 4. The highest BCUT2D eigenvalue weighted by Gasteiger charge is 2.35. The number of ether oxygens (including phenoxy) is 1. The van der Waals surface area contributed by atoms with Crippen LogP contribution in [0, 0.1) is 0 Å². The van der Waals surface area contributed by atoms with Gasteiger partial charge in [-0.1, -0.05) is 11.6 Å². The zero-order valence-corrected chi connectivity index (χ0v) is 16.3. The number of hydrogen-bond donors (Lipinski definition) is 0. The van der Waals surface area contributed by atoms with E-state index in [1.807, 2.05) is 4.57 Å². The molecule has 0 aliphatic carbocycles. The average molecular weight is 373 g/mol. The summed E-state index contributed by atoms with van der Waals surface area (Å²) in [6, 6.07) is 0. The molecule has 8 heteroatoms. The van der Waals surface area contributed by atoms with Crippen LogP contribution in [-0.4, -0.2) is 55.4 Å². The summed E-state index contributed by atoms with van der Waals surface area (Å²) in [6.45, 7) is 6.49. The Balaban J connectivity index is 1.47. The molecule has 0 atom stereocenters. The van der Waals surface area contributed by atoms with Crippen LogP contribution in [0.1, 0.15) is 26.2 Å². The Morgan fingerprint density at radius 2 is 1.89 bits per heavy atom. The second-order valence-corrected chi connectivity index (χ2v) is 7.81. The van der Waals surface area contributed by atoms with Crippen LogP contribution in [0.4, 0.5) is 0 Å². The molecule has 27 heavy (non-hydrogen) atoms. The van der Waals surface area contributed by atoms with Gasteiger partial charge in [-0.05, 0) is 26.2 Å². The molecule has 1 spiro atoms. The fourth-order valence-electron chi connectivity index (χ4n) is 4.24. The summed E-state index contributed by atoms with van der Waals surface area (Å²) >= 11 is 0. The van der Waals surface area contributed by atoms with Gasteiger partial charge in [-0.2, -0.15) is 0 Å². The largest absolute Gasteiger partial charge is 0.370 e. The van der Waals surface area contributed by atoms with Crippen molar-refractivity contribution in [3.05, 3.63) is 38.8 Å². The van der Waals surface area contributed by atoms with Crippen molar-refractivity contribution in [1.82, 2.24) is 23.6 Å². The highest BCUT2D eigenvalue weighted by Crippen LogP contribution is 2.32. The lowest BCUT2D eigenvalue weighted by molar-refractivity contribution is -0.0567. The summed E-state index contributed by atoms with van der Waals surface area (Å²) in [5.74, 6) is 0. The van der Waals surface area contributed by atoms with Gasteiger partial charge in [-0.25, -0.2) is 9.78 Å². The van der Waals surface area contributed by atoms with E-state index in [9.17, 15) is 9.59 Å². The van der Waals surface area contributed by atoms with Crippen LogP contribution in [-0.2, 0) is 25.4 Å². The van der Waals surface area contributed by atoms with Crippen molar-refractivity contribution in [1.29, 1.82) is 0 Å². The van der Waals surface area contributed by atoms with E-state index in [2.05, 4.69) is 22.9 Å². The Labute approximate surface area is 157 Å². The molecule has 0 bridgehead atoms. The first kappa shape index (κ1) is 18.2. The number of hydrogen-bond acceptors (Lipinski definition) is 5. The average Bonchev–Trinajstić information content (AvgIpc) is 3.08. The molecule has 1 fully saturated rings. The van der Waals surface area contributed by atoms with Crippen molar-refractivity contribution in [2.45, 2.75) is 38.3 Å². The summed E-state index contributed by atoms with van der Waals surface area (Å²) < 4.78 is 10.5. The highest BCUT2D eigenvalue weighted by molar-refractivity contribution is 5.69. The monoisotopic (exact) mass is 373 g/mol.